The Bertz CT molecular complexity index is 427. The molecule has 1 amide bonds. The van der Waals surface area contributed by atoms with Gasteiger partial charge in [0, 0.05) is 19.2 Å². The Balaban J connectivity index is 1.83. The van der Waals surface area contributed by atoms with Gasteiger partial charge in [-0.3, -0.25) is 4.79 Å². The topological polar surface area (TPSA) is 78.8 Å². The quantitative estimate of drug-likeness (QED) is 0.755. The first-order chi connectivity index (χ1) is 8.66. The van der Waals surface area contributed by atoms with E-state index in [1.165, 1.54) is 12.1 Å². The van der Waals surface area contributed by atoms with Crippen LogP contribution in [0.3, 0.4) is 0 Å². The second-order valence-electron chi connectivity index (χ2n) is 4.38. The lowest BCUT2D eigenvalue weighted by Gasteiger charge is -2.10. The van der Waals surface area contributed by atoms with E-state index in [1.54, 1.807) is 0 Å². The van der Waals surface area contributed by atoms with Crippen molar-refractivity contribution >= 4 is 5.91 Å². The number of ether oxygens (including phenoxy) is 1. The van der Waals surface area contributed by atoms with E-state index in [2.05, 4.69) is 5.32 Å². The molecule has 0 saturated carbocycles. The van der Waals surface area contributed by atoms with Crippen LogP contribution < -0.4 is 5.32 Å². The molecule has 1 saturated heterocycles. The molecule has 5 heteroatoms. The molecule has 0 bridgehead atoms. The van der Waals surface area contributed by atoms with Gasteiger partial charge in [0.05, 0.1) is 11.7 Å². The molecule has 1 aliphatic rings. The normalized spacial score (nSPS) is 18.8. The third-order valence-electron chi connectivity index (χ3n) is 3.00. The molecule has 1 atom stereocenters. The van der Waals surface area contributed by atoms with E-state index in [-0.39, 0.29) is 29.1 Å². The fraction of sp³-hybridized carbons (Fsp3) is 0.462. The molecule has 18 heavy (non-hydrogen) atoms. The molecule has 0 spiro atoms. The lowest BCUT2D eigenvalue weighted by molar-refractivity contribution is 0.0905. The van der Waals surface area contributed by atoms with Crippen molar-refractivity contribution in [2.45, 2.75) is 25.4 Å². The first kappa shape index (κ1) is 12.7. The van der Waals surface area contributed by atoms with Gasteiger partial charge in [0.15, 0.2) is 0 Å². The number of phenolic OH excluding ortho intramolecular Hbond substituents is 2. The largest absolute Gasteiger partial charge is 0.508 e. The standard InChI is InChI=1S/C13H17NO4/c15-9-3-4-11(12(16)8-9)13(17)14-6-5-10-2-1-7-18-10/h3-4,8,10,15-16H,1-2,5-7H2,(H,14,17). The van der Waals surface area contributed by atoms with Crippen molar-refractivity contribution in [3.8, 4) is 11.5 Å². The van der Waals surface area contributed by atoms with Crippen LogP contribution in [0.2, 0.25) is 0 Å². The summed E-state index contributed by atoms with van der Waals surface area (Å²) in [6, 6.07) is 3.91. The van der Waals surface area contributed by atoms with Gasteiger partial charge < -0.3 is 20.3 Å². The molecule has 2 rings (SSSR count). The second-order valence-corrected chi connectivity index (χ2v) is 4.38. The van der Waals surface area contributed by atoms with E-state index in [1.807, 2.05) is 0 Å². The Morgan fingerprint density at radius 2 is 2.28 bits per heavy atom. The summed E-state index contributed by atoms with van der Waals surface area (Å²) >= 11 is 0. The third-order valence-corrected chi connectivity index (χ3v) is 3.00. The zero-order chi connectivity index (χ0) is 13.0. The molecular formula is C13H17NO4. The Labute approximate surface area is 105 Å². The minimum atomic E-state index is -0.342. The van der Waals surface area contributed by atoms with Crippen LogP contribution in [-0.4, -0.2) is 35.4 Å². The minimum Gasteiger partial charge on any atom is -0.508 e. The summed E-state index contributed by atoms with van der Waals surface area (Å²) in [5, 5.41) is 21.4. The maximum atomic E-state index is 11.8. The van der Waals surface area contributed by atoms with E-state index in [0.717, 1.165) is 31.9 Å². The van der Waals surface area contributed by atoms with E-state index >= 15 is 0 Å². The molecule has 0 aliphatic carbocycles. The number of carbonyl (C=O) groups excluding carboxylic acids is 1. The fourth-order valence-electron chi connectivity index (χ4n) is 2.03. The van der Waals surface area contributed by atoms with Crippen molar-refractivity contribution in [2.24, 2.45) is 0 Å². The van der Waals surface area contributed by atoms with Crippen LogP contribution in [0.4, 0.5) is 0 Å². The summed E-state index contributed by atoms with van der Waals surface area (Å²) in [4.78, 5) is 11.8. The summed E-state index contributed by atoms with van der Waals surface area (Å²) in [6.45, 7) is 1.32. The first-order valence-electron chi connectivity index (χ1n) is 6.08. The van der Waals surface area contributed by atoms with Crippen LogP contribution >= 0.6 is 0 Å². The molecule has 0 aromatic heterocycles. The second kappa shape index (κ2) is 5.73. The molecule has 1 aromatic carbocycles. The van der Waals surface area contributed by atoms with Crippen molar-refractivity contribution in [2.75, 3.05) is 13.2 Å². The van der Waals surface area contributed by atoms with Gasteiger partial charge in [-0.05, 0) is 31.4 Å². The molecule has 0 radical (unpaired) electrons. The predicted molar refractivity (Wildman–Crippen MR) is 65.7 cm³/mol. The van der Waals surface area contributed by atoms with Crippen LogP contribution in [0, 0.1) is 0 Å². The smallest absolute Gasteiger partial charge is 0.255 e. The molecule has 1 unspecified atom stereocenters. The fourth-order valence-corrected chi connectivity index (χ4v) is 2.03. The maximum absolute atomic E-state index is 11.8. The van der Waals surface area contributed by atoms with Crippen molar-refractivity contribution in [3.05, 3.63) is 23.8 Å². The molecule has 5 nitrogen and oxygen atoms in total. The number of hydrogen-bond acceptors (Lipinski definition) is 4. The van der Waals surface area contributed by atoms with Gasteiger partial charge in [-0.1, -0.05) is 0 Å². The molecule has 98 valence electrons. The number of amides is 1. The van der Waals surface area contributed by atoms with Crippen molar-refractivity contribution in [1.82, 2.24) is 5.32 Å². The van der Waals surface area contributed by atoms with Crippen LogP contribution in [-0.2, 0) is 4.74 Å². The number of phenols is 2. The van der Waals surface area contributed by atoms with Gasteiger partial charge in [-0.2, -0.15) is 0 Å². The van der Waals surface area contributed by atoms with Gasteiger partial charge in [-0.25, -0.2) is 0 Å². The number of rotatable bonds is 4. The number of carbonyl (C=O) groups is 1. The van der Waals surface area contributed by atoms with Gasteiger partial charge in [-0.15, -0.1) is 0 Å². The van der Waals surface area contributed by atoms with Crippen LogP contribution in [0.15, 0.2) is 18.2 Å². The predicted octanol–water partition coefficient (Wildman–Crippen LogP) is 1.40. The number of hydrogen-bond donors (Lipinski definition) is 3. The Morgan fingerprint density at radius 3 is 2.94 bits per heavy atom. The Kier molecular flexibility index (Phi) is 4.04. The van der Waals surface area contributed by atoms with E-state index < -0.39 is 0 Å². The molecule has 1 heterocycles. The minimum absolute atomic E-state index is 0.0663. The monoisotopic (exact) mass is 251 g/mol. The Hall–Kier alpha value is -1.75. The van der Waals surface area contributed by atoms with E-state index in [9.17, 15) is 9.90 Å². The Morgan fingerprint density at radius 1 is 1.44 bits per heavy atom. The van der Waals surface area contributed by atoms with E-state index in [0.29, 0.717) is 6.54 Å². The number of aromatic hydroxyl groups is 2. The van der Waals surface area contributed by atoms with Crippen molar-refractivity contribution in [3.63, 3.8) is 0 Å². The van der Waals surface area contributed by atoms with Crippen LogP contribution in [0.5, 0.6) is 11.5 Å². The van der Waals surface area contributed by atoms with E-state index in [4.69, 9.17) is 9.84 Å². The van der Waals surface area contributed by atoms with Gasteiger partial charge in [0.25, 0.3) is 5.91 Å². The highest BCUT2D eigenvalue weighted by Crippen LogP contribution is 2.22. The average molecular weight is 251 g/mol. The summed E-state index contributed by atoms with van der Waals surface area (Å²) in [6.07, 6.45) is 3.14. The molecule has 1 aliphatic heterocycles. The lowest BCUT2D eigenvalue weighted by Crippen LogP contribution is -2.27. The first-order valence-corrected chi connectivity index (χ1v) is 6.08. The molecule has 1 fully saturated rings. The highest BCUT2D eigenvalue weighted by molar-refractivity contribution is 5.96. The summed E-state index contributed by atoms with van der Waals surface area (Å²) in [5.74, 6) is -0.626. The van der Waals surface area contributed by atoms with Gasteiger partial charge in [0.1, 0.15) is 11.5 Å². The zero-order valence-electron chi connectivity index (χ0n) is 10.1. The molecular weight excluding hydrogens is 234 g/mol. The van der Waals surface area contributed by atoms with Crippen molar-refractivity contribution < 1.29 is 19.7 Å². The summed E-state index contributed by atoms with van der Waals surface area (Å²) < 4.78 is 5.45. The van der Waals surface area contributed by atoms with Gasteiger partial charge in [0.2, 0.25) is 0 Å². The summed E-state index contributed by atoms with van der Waals surface area (Å²) in [5.41, 5.74) is 0.167. The highest BCUT2D eigenvalue weighted by atomic mass is 16.5. The SMILES string of the molecule is O=C(NCCC1CCCO1)c1ccc(O)cc1O. The highest BCUT2D eigenvalue weighted by Gasteiger charge is 2.16. The van der Waals surface area contributed by atoms with Crippen molar-refractivity contribution in [1.29, 1.82) is 0 Å². The lowest BCUT2D eigenvalue weighted by atomic mass is 10.1. The molecule has 3 N–H and O–H groups in total. The third kappa shape index (κ3) is 3.13. The van der Waals surface area contributed by atoms with Crippen LogP contribution in [0.1, 0.15) is 29.6 Å². The number of benzene rings is 1. The van der Waals surface area contributed by atoms with Crippen LogP contribution in [0.25, 0.3) is 0 Å². The molecule has 1 aromatic rings. The van der Waals surface area contributed by atoms with Gasteiger partial charge >= 0.3 is 0 Å². The number of nitrogens with one attached hydrogen (secondary N) is 1. The summed E-state index contributed by atoms with van der Waals surface area (Å²) in [7, 11) is 0. The zero-order valence-corrected chi connectivity index (χ0v) is 10.1. The maximum Gasteiger partial charge on any atom is 0.255 e. The average Bonchev–Trinajstić information content (AvgIpc) is 2.81.